The molecule has 3 rings (SSSR count). The number of hydrogen-bond acceptors (Lipinski definition) is 5. The van der Waals surface area contributed by atoms with Gasteiger partial charge in [0.25, 0.3) is 0 Å². The van der Waals surface area contributed by atoms with Crippen molar-refractivity contribution < 1.29 is 19.4 Å². The molecule has 0 unspecified atom stereocenters. The monoisotopic (exact) mass is 334 g/mol. The molecular weight excluding hydrogens is 308 g/mol. The maximum Gasteiger partial charge on any atom is 0.234 e. The Kier molecular flexibility index (Phi) is 5.71. The van der Waals surface area contributed by atoms with Gasteiger partial charge >= 0.3 is 0 Å². The van der Waals surface area contributed by atoms with Gasteiger partial charge in [0.05, 0.1) is 19.8 Å². The van der Waals surface area contributed by atoms with Crippen molar-refractivity contribution in [2.24, 2.45) is 0 Å². The first-order valence-corrected chi connectivity index (χ1v) is 8.59. The van der Waals surface area contributed by atoms with Gasteiger partial charge in [0.15, 0.2) is 0 Å². The summed E-state index contributed by atoms with van der Waals surface area (Å²) in [5.41, 5.74) is 1.07. The molecule has 2 aliphatic rings. The third kappa shape index (κ3) is 4.26. The average Bonchev–Trinajstić information content (AvgIpc) is 2.96. The van der Waals surface area contributed by atoms with Crippen LogP contribution in [0.2, 0.25) is 0 Å². The van der Waals surface area contributed by atoms with Gasteiger partial charge in [0.2, 0.25) is 5.91 Å². The largest absolute Gasteiger partial charge is 0.497 e. The van der Waals surface area contributed by atoms with E-state index >= 15 is 0 Å². The van der Waals surface area contributed by atoms with Crippen molar-refractivity contribution in [3.05, 3.63) is 29.8 Å². The number of amides is 1. The number of aliphatic hydroxyl groups is 1. The predicted molar refractivity (Wildman–Crippen MR) is 89.9 cm³/mol. The Bertz CT molecular complexity index is 560. The molecular formula is C18H26N2O4. The molecule has 1 amide bonds. The molecule has 6 nitrogen and oxygen atoms in total. The summed E-state index contributed by atoms with van der Waals surface area (Å²) in [4.78, 5) is 14.4. The number of hydrogen-bond donors (Lipinski definition) is 2. The van der Waals surface area contributed by atoms with Crippen LogP contribution in [0.3, 0.4) is 0 Å². The Labute approximate surface area is 142 Å². The van der Waals surface area contributed by atoms with Gasteiger partial charge in [-0.05, 0) is 37.0 Å². The minimum atomic E-state index is -0.405. The molecule has 0 saturated carbocycles. The fourth-order valence-corrected chi connectivity index (χ4v) is 3.55. The van der Waals surface area contributed by atoms with E-state index in [0.717, 1.165) is 24.2 Å². The minimum Gasteiger partial charge on any atom is -0.497 e. The highest BCUT2D eigenvalue weighted by molar-refractivity contribution is 5.78. The maximum absolute atomic E-state index is 12.4. The highest BCUT2D eigenvalue weighted by Gasteiger charge is 2.33. The summed E-state index contributed by atoms with van der Waals surface area (Å²) in [6.45, 7) is 2.24. The lowest BCUT2D eigenvalue weighted by Crippen LogP contribution is -2.44. The number of nitrogens with one attached hydrogen (secondary N) is 1. The Morgan fingerprint density at radius 1 is 1.42 bits per heavy atom. The van der Waals surface area contributed by atoms with Crippen molar-refractivity contribution in [2.45, 2.75) is 37.5 Å². The van der Waals surface area contributed by atoms with Gasteiger partial charge < -0.3 is 19.9 Å². The second kappa shape index (κ2) is 7.96. The van der Waals surface area contributed by atoms with Crippen molar-refractivity contribution in [1.82, 2.24) is 10.2 Å². The number of methoxy groups -OCH3 is 1. The lowest BCUT2D eigenvalue weighted by atomic mass is 10.0. The Morgan fingerprint density at radius 3 is 2.96 bits per heavy atom. The molecule has 0 radical (unpaired) electrons. The first-order valence-electron chi connectivity index (χ1n) is 8.59. The summed E-state index contributed by atoms with van der Waals surface area (Å²) in [5.74, 6) is 0.810. The van der Waals surface area contributed by atoms with E-state index in [-0.39, 0.29) is 18.0 Å². The number of likely N-dealkylation sites (tertiary alicyclic amines) is 1. The quantitative estimate of drug-likeness (QED) is 0.844. The van der Waals surface area contributed by atoms with Crippen LogP contribution in [-0.4, -0.2) is 61.5 Å². The van der Waals surface area contributed by atoms with Crippen molar-refractivity contribution in [2.75, 3.05) is 33.4 Å². The summed E-state index contributed by atoms with van der Waals surface area (Å²) in [7, 11) is 1.64. The molecule has 2 atom stereocenters. The third-order valence-electron chi connectivity index (χ3n) is 4.79. The molecule has 0 aliphatic carbocycles. The molecule has 0 bridgehead atoms. The van der Waals surface area contributed by atoms with E-state index in [4.69, 9.17) is 9.47 Å². The standard InChI is InChI=1S/C18H26N2O4/c1-23-16-4-2-3-13(9-16)17-10-15(21)11-20(17)12-18(22)19-14-5-7-24-8-6-14/h2-4,9,14-15,17,21H,5-8,10-12H2,1H3,(H,19,22)/t15-,17+/m1/s1. The first-order chi connectivity index (χ1) is 11.7. The van der Waals surface area contributed by atoms with Crippen LogP contribution in [0.15, 0.2) is 24.3 Å². The number of nitrogens with zero attached hydrogens (tertiary/aromatic N) is 1. The molecule has 6 heteroatoms. The van der Waals surface area contributed by atoms with Crippen LogP contribution in [0.5, 0.6) is 5.75 Å². The van der Waals surface area contributed by atoms with Gasteiger partial charge in [-0.15, -0.1) is 0 Å². The van der Waals surface area contributed by atoms with E-state index in [2.05, 4.69) is 5.32 Å². The normalized spacial score (nSPS) is 25.6. The van der Waals surface area contributed by atoms with E-state index < -0.39 is 6.10 Å². The van der Waals surface area contributed by atoms with Crippen LogP contribution < -0.4 is 10.1 Å². The SMILES string of the molecule is COc1cccc([C@@H]2C[C@@H](O)CN2CC(=O)NC2CCOCC2)c1. The van der Waals surface area contributed by atoms with Gasteiger partial charge in [-0.1, -0.05) is 12.1 Å². The summed E-state index contributed by atoms with van der Waals surface area (Å²) in [5, 5.41) is 13.2. The van der Waals surface area contributed by atoms with E-state index in [1.54, 1.807) is 7.11 Å². The van der Waals surface area contributed by atoms with Gasteiger partial charge in [-0.3, -0.25) is 9.69 Å². The van der Waals surface area contributed by atoms with Crippen molar-refractivity contribution in [1.29, 1.82) is 0 Å². The number of aliphatic hydroxyl groups excluding tert-OH is 1. The average molecular weight is 334 g/mol. The molecule has 2 heterocycles. The third-order valence-corrected chi connectivity index (χ3v) is 4.79. The second-order valence-electron chi connectivity index (χ2n) is 6.57. The maximum atomic E-state index is 12.4. The van der Waals surface area contributed by atoms with Crippen LogP contribution in [0.1, 0.15) is 30.9 Å². The zero-order chi connectivity index (χ0) is 16.9. The molecule has 0 aromatic heterocycles. The highest BCUT2D eigenvalue weighted by Crippen LogP contribution is 2.33. The molecule has 0 spiro atoms. The Hall–Kier alpha value is -1.63. The molecule has 1 aromatic carbocycles. The van der Waals surface area contributed by atoms with Crippen molar-refractivity contribution in [3.8, 4) is 5.75 Å². The van der Waals surface area contributed by atoms with Crippen LogP contribution in [-0.2, 0) is 9.53 Å². The Balaban J connectivity index is 1.63. The molecule has 2 aliphatic heterocycles. The summed E-state index contributed by atoms with van der Waals surface area (Å²) in [6, 6.07) is 8.08. The van der Waals surface area contributed by atoms with Crippen LogP contribution >= 0.6 is 0 Å². The lowest BCUT2D eigenvalue weighted by Gasteiger charge is -2.27. The first kappa shape index (κ1) is 17.2. The lowest BCUT2D eigenvalue weighted by molar-refractivity contribution is -0.123. The minimum absolute atomic E-state index is 0.0175. The summed E-state index contributed by atoms with van der Waals surface area (Å²) >= 11 is 0. The zero-order valence-corrected chi connectivity index (χ0v) is 14.1. The van der Waals surface area contributed by atoms with Crippen LogP contribution in [0, 0.1) is 0 Å². The predicted octanol–water partition coefficient (Wildman–Crippen LogP) is 1.10. The number of rotatable bonds is 5. The van der Waals surface area contributed by atoms with Gasteiger partial charge in [0.1, 0.15) is 5.75 Å². The number of carbonyl (C=O) groups is 1. The number of β-amino-alcohol motifs (C(OH)–C–C–N with tert-alkyl or cyclic N) is 1. The van der Waals surface area contributed by atoms with Crippen LogP contribution in [0.4, 0.5) is 0 Å². The highest BCUT2D eigenvalue weighted by atomic mass is 16.5. The number of ether oxygens (including phenoxy) is 2. The molecule has 2 N–H and O–H groups in total. The van der Waals surface area contributed by atoms with Gasteiger partial charge in [-0.2, -0.15) is 0 Å². The molecule has 24 heavy (non-hydrogen) atoms. The van der Waals surface area contributed by atoms with Crippen molar-refractivity contribution >= 4 is 5.91 Å². The fourth-order valence-electron chi connectivity index (χ4n) is 3.55. The molecule has 2 fully saturated rings. The van der Waals surface area contributed by atoms with Gasteiger partial charge in [0, 0.05) is 31.8 Å². The molecule has 132 valence electrons. The van der Waals surface area contributed by atoms with Crippen molar-refractivity contribution in [3.63, 3.8) is 0 Å². The molecule has 1 aromatic rings. The Morgan fingerprint density at radius 2 is 2.21 bits per heavy atom. The fraction of sp³-hybridized carbons (Fsp3) is 0.611. The second-order valence-corrected chi connectivity index (χ2v) is 6.57. The van der Waals surface area contributed by atoms with E-state index in [9.17, 15) is 9.90 Å². The number of carbonyl (C=O) groups excluding carboxylic acids is 1. The topological polar surface area (TPSA) is 71.0 Å². The van der Waals surface area contributed by atoms with Gasteiger partial charge in [-0.25, -0.2) is 0 Å². The van der Waals surface area contributed by atoms with Crippen LogP contribution in [0.25, 0.3) is 0 Å². The number of benzene rings is 1. The zero-order valence-electron chi connectivity index (χ0n) is 14.1. The van der Waals surface area contributed by atoms with E-state index in [1.165, 1.54) is 0 Å². The summed E-state index contributed by atoms with van der Waals surface area (Å²) in [6.07, 6.45) is 1.97. The van der Waals surface area contributed by atoms with E-state index in [0.29, 0.717) is 32.7 Å². The van der Waals surface area contributed by atoms with E-state index in [1.807, 2.05) is 29.2 Å². The molecule has 2 saturated heterocycles. The summed E-state index contributed by atoms with van der Waals surface area (Å²) < 4.78 is 10.6. The smallest absolute Gasteiger partial charge is 0.234 e.